The highest BCUT2D eigenvalue weighted by atomic mass is 19.4. The summed E-state index contributed by atoms with van der Waals surface area (Å²) in [5, 5.41) is 3.17. The van der Waals surface area contributed by atoms with Gasteiger partial charge >= 0.3 is 6.18 Å². The van der Waals surface area contributed by atoms with Crippen molar-refractivity contribution in [1.82, 2.24) is 0 Å². The zero-order chi connectivity index (χ0) is 12.0. The van der Waals surface area contributed by atoms with Gasteiger partial charge in [-0.25, -0.2) is 0 Å². The van der Waals surface area contributed by atoms with Gasteiger partial charge in [-0.15, -0.1) is 0 Å². The van der Waals surface area contributed by atoms with E-state index in [1.54, 1.807) is 6.07 Å². The van der Waals surface area contributed by atoms with E-state index in [2.05, 4.69) is 5.32 Å². The Balaban J connectivity index is 2.47. The first-order valence-corrected chi connectivity index (χ1v) is 5.33. The van der Waals surface area contributed by atoms with E-state index in [0.717, 1.165) is 12.5 Å². The second-order valence-electron chi connectivity index (χ2n) is 4.55. The van der Waals surface area contributed by atoms with E-state index in [4.69, 9.17) is 0 Å². The fraction of sp³-hybridized carbons (Fsp3) is 0.500. The Hall–Kier alpha value is -1.19. The van der Waals surface area contributed by atoms with Crippen LogP contribution in [0.1, 0.15) is 31.4 Å². The number of anilines is 1. The molecule has 1 N–H and O–H groups in total. The van der Waals surface area contributed by atoms with Crippen LogP contribution in [0.25, 0.3) is 0 Å². The molecule has 1 nitrogen and oxygen atoms in total. The van der Waals surface area contributed by atoms with Gasteiger partial charge in [-0.3, -0.25) is 0 Å². The largest absolute Gasteiger partial charge is 0.416 e. The molecule has 0 aliphatic carbocycles. The molecule has 0 amide bonds. The van der Waals surface area contributed by atoms with E-state index in [-0.39, 0.29) is 5.54 Å². The lowest BCUT2D eigenvalue weighted by Gasteiger charge is -2.22. The van der Waals surface area contributed by atoms with Gasteiger partial charge in [0, 0.05) is 11.2 Å². The molecule has 1 aromatic carbocycles. The van der Waals surface area contributed by atoms with Crippen molar-refractivity contribution in [3.8, 4) is 0 Å². The number of halogens is 3. The summed E-state index contributed by atoms with van der Waals surface area (Å²) >= 11 is 0. The molecule has 1 aliphatic heterocycles. The molecule has 0 fully saturated rings. The Bertz CT molecular complexity index is 411. The van der Waals surface area contributed by atoms with Crippen LogP contribution < -0.4 is 5.32 Å². The monoisotopic (exact) mass is 229 g/mol. The van der Waals surface area contributed by atoms with Crippen molar-refractivity contribution >= 4 is 5.69 Å². The van der Waals surface area contributed by atoms with Gasteiger partial charge in [0.25, 0.3) is 0 Å². The van der Waals surface area contributed by atoms with E-state index >= 15 is 0 Å². The molecule has 0 spiro atoms. The molecule has 16 heavy (non-hydrogen) atoms. The number of nitrogens with one attached hydrogen (secondary N) is 1. The molecule has 88 valence electrons. The van der Waals surface area contributed by atoms with Crippen molar-refractivity contribution in [2.75, 3.05) is 5.32 Å². The Morgan fingerprint density at radius 1 is 1.38 bits per heavy atom. The minimum atomic E-state index is -4.26. The van der Waals surface area contributed by atoms with Crippen molar-refractivity contribution in [3.63, 3.8) is 0 Å². The lowest BCUT2D eigenvalue weighted by molar-refractivity contribution is -0.138. The Morgan fingerprint density at radius 2 is 2.06 bits per heavy atom. The maximum absolute atomic E-state index is 12.8. The van der Waals surface area contributed by atoms with Crippen molar-refractivity contribution in [2.45, 2.75) is 38.4 Å². The van der Waals surface area contributed by atoms with Gasteiger partial charge in [-0.1, -0.05) is 13.0 Å². The third kappa shape index (κ3) is 1.77. The van der Waals surface area contributed by atoms with Gasteiger partial charge in [-0.05, 0) is 37.5 Å². The van der Waals surface area contributed by atoms with Crippen LogP contribution >= 0.6 is 0 Å². The average Bonchev–Trinajstić information content (AvgIpc) is 2.53. The molecule has 0 radical (unpaired) electrons. The van der Waals surface area contributed by atoms with Crippen LogP contribution in [0, 0.1) is 0 Å². The molecule has 2 rings (SSSR count). The molecule has 1 aromatic rings. The number of hydrogen-bond donors (Lipinski definition) is 1. The third-order valence-electron chi connectivity index (χ3n) is 3.27. The minimum Gasteiger partial charge on any atom is -0.379 e. The number of hydrogen-bond acceptors (Lipinski definition) is 1. The zero-order valence-corrected chi connectivity index (χ0v) is 9.28. The highest BCUT2D eigenvalue weighted by Gasteiger charge is 2.39. The summed E-state index contributed by atoms with van der Waals surface area (Å²) in [4.78, 5) is 0. The molecule has 1 unspecified atom stereocenters. The van der Waals surface area contributed by atoms with E-state index < -0.39 is 11.7 Å². The zero-order valence-electron chi connectivity index (χ0n) is 9.28. The molecule has 0 aromatic heterocycles. The molecule has 1 heterocycles. The van der Waals surface area contributed by atoms with Gasteiger partial charge in [-0.2, -0.15) is 13.2 Å². The second kappa shape index (κ2) is 3.40. The summed E-state index contributed by atoms with van der Waals surface area (Å²) in [6, 6.07) is 4.32. The summed E-state index contributed by atoms with van der Waals surface area (Å²) in [7, 11) is 0. The number of alkyl halides is 3. The number of benzene rings is 1. The topological polar surface area (TPSA) is 12.0 Å². The summed E-state index contributed by atoms with van der Waals surface area (Å²) < 4.78 is 38.3. The van der Waals surface area contributed by atoms with Crippen LogP contribution in [-0.4, -0.2) is 5.54 Å². The summed E-state index contributed by atoms with van der Waals surface area (Å²) in [6.45, 7) is 3.93. The molecule has 0 saturated carbocycles. The molecule has 1 atom stereocenters. The maximum Gasteiger partial charge on any atom is 0.416 e. The lowest BCUT2D eigenvalue weighted by atomic mass is 9.92. The number of fused-ring (bicyclic) bond motifs is 1. The minimum absolute atomic E-state index is 0.246. The highest BCUT2D eigenvalue weighted by Crippen LogP contribution is 2.42. The fourth-order valence-electron chi connectivity index (χ4n) is 2.13. The van der Waals surface area contributed by atoms with Gasteiger partial charge in [0.15, 0.2) is 0 Å². The third-order valence-corrected chi connectivity index (χ3v) is 3.27. The molecule has 1 aliphatic rings. The normalized spacial score (nSPS) is 24.1. The first-order valence-electron chi connectivity index (χ1n) is 5.33. The Kier molecular flexibility index (Phi) is 2.40. The fourth-order valence-corrected chi connectivity index (χ4v) is 2.13. The van der Waals surface area contributed by atoms with Gasteiger partial charge < -0.3 is 5.32 Å². The summed E-state index contributed by atoms with van der Waals surface area (Å²) in [6.07, 6.45) is -3.01. The quantitative estimate of drug-likeness (QED) is 0.771. The van der Waals surface area contributed by atoms with Crippen molar-refractivity contribution in [2.24, 2.45) is 0 Å². The van der Waals surface area contributed by atoms with Crippen LogP contribution in [0.3, 0.4) is 0 Å². The first-order chi connectivity index (χ1) is 7.36. The van der Waals surface area contributed by atoms with Crippen LogP contribution in [-0.2, 0) is 12.6 Å². The molecule has 0 bridgehead atoms. The molecular formula is C12H14F3N. The number of rotatable bonds is 1. The predicted molar refractivity (Wildman–Crippen MR) is 57.5 cm³/mol. The Labute approximate surface area is 92.7 Å². The SMILES string of the molecule is CCC1(C)Cc2c(cccc2C(F)(F)F)N1. The maximum atomic E-state index is 12.8. The molecular weight excluding hydrogens is 215 g/mol. The second-order valence-corrected chi connectivity index (χ2v) is 4.55. The van der Waals surface area contributed by atoms with Crippen LogP contribution in [0.2, 0.25) is 0 Å². The van der Waals surface area contributed by atoms with E-state index in [0.29, 0.717) is 17.7 Å². The van der Waals surface area contributed by atoms with E-state index in [1.807, 2.05) is 13.8 Å². The van der Waals surface area contributed by atoms with Crippen LogP contribution in [0.15, 0.2) is 18.2 Å². The summed E-state index contributed by atoms with van der Waals surface area (Å²) in [5.41, 5.74) is 0.275. The van der Waals surface area contributed by atoms with E-state index in [9.17, 15) is 13.2 Å². The van der Waals surface area contributed by atoms with Crippen molar-refractivity contribution in [3.05, 3.63) is 29.3 Å². The van der Waals surface area contributed by atoms with Crippen molar-refractivity contribution < 1.29 is 13.2 Å². The first kappa shape index (κ1) is 11.3. The lowest BCUT2D eigenvalue weighted by Crippen LogP contribution is -2.30. The Morgan fingerprint density at radius 3 is 2.62 bits per heavy atom. The highest BCUT2D eigenvalue weighted by molar-refractivity contribution is 5.62. The van der Waals surface area contributed by atoms with Gasteiger partial charge in [0.05, 0.1) is 5.56 Å². The summed E-state index contributed by atoms with van der Waals surface area (Å²) in [5.74, 6) is 0. The predicted octanol–water partition coefficient (Wildman–Crippen LogP) is 3.84. The molecule has 0 saturated heterocycles. The van der Waals surface area contributed by atoms with Crippen LogP contribution in [0.4, 0.5) is 18.9 Å². The molecule has 4 heteroatoms. The standard InChI is InChI=1S/C12H14F3N/c1-3-11(2)7-8-9(12(13,14)15)5-4-6-10(8)16-11/h4-6,16H,3,7H2,1-2H3. The smallest absolute Gasteiger partial charge is 0.379 e. The van der Waals surface area contributed by atoms with E-state index in [1.165, 1.54) is 6.07 Å². The average molecular weight is 229 g/mol. The van der Waals surface area contributed by atoms with Gasteiger partial charge in [0.1, 0.15) is 0 Å². The van der Waals surface area contributed by atoms with Crippen molar-refractivity contribution in [1.29, 1.82) is 0 Å². The van der Waals surface area contributed by atoms with Gasteiger partial charge in [0.2, 0.25) is 0 Å². The van der Waals surface area contributed by atoms with Crippen LogP contribution in [0.5, 0.6) is 0 Å².